The van der Waals surface area contributed by atoms with Crippen molar-refractivity contribution in [2.45, 2.75) is 6.61 Å². The van der Waals surface area contributed by atoms with E-state index in [0.29, 0.717) is 12.2 Å². The summed E-state index contributed by atoms with van der Waals surface area (Å²) in [7, 11) is 0. The fraction of sp³-hybridized carbons (Fsp3) is 0.125. The van der Waals surface area contributed by atoms with Crippen LogP contribution >= 0.6 is 0 Å². The third-order valence-electron chi connectivity index (χ3n) is 1.60. The van der Waals surface area contributed by atoms with Crippen LogP contribution in [0.25, 0.3) is 0 Å². The predicted molar refractivity (Wildman–Crippen MR) is 35.6 cm³/mol. The van der Waals surface area contributed by atoms with Gasteiger partial charge in [-0.05, 0) is 6.07 Å². The molecular weight excluding hydrogens is 167 g/mol. The van der Waals surface area contributed by atoms with Gasteiger partial charge in [0.1, 0.15) is 6.61 Å². The van der Waals surface area contributed by atoms with Gasteiger partial charge < -0.3 is 4.74 Å². The Morgan fingerprint density at radius 1 is 1.27 bits per heavy atom. The van der Waals surface area contributed by atoms with Gasteiger partial charge in [0.05, 0.1) is 5.56 Å². The summed E-state index contributed by atoms with van der Waals surface area (Å²) in [5.74, 6) is -0.199. The topological polar surface area (TPSA) is 26.3 Å². The number of carbonyl (C=O) groups is 1. The van der Waals surface area contributed by atoms with E-state index < -0.39 is 0 Å². The Labute approximate surface area is 107 Å². The van der Waals surface area contributed by atoms with E-state index in [0.717, 1.165) is 5.56 Å². The molecule has 1 aliphatic rings. The predicted octanol–water partition coefficient (Wildman–Crippen LogP) is -1.64. The van der Waals surface area contributed by atoms with Crippen LogP contribution in [0.3, 0.4) is 0 Å². The quantitative estimate of drug-likeness (QED) is 0.347. The molecule has 0 spiro atoms. The first-order valence-electron chi connectivity index (χ1n) is 3.13. The molecular formula is C8H6KO2+. The van der Waals surface area contributed by atoms with Gasteiger partial charge in [-0.2, -0.15) is 0 Å². The molecule has 50 valence electrons. The Morgan fingerprint density at radius 3 is 2.73 bits per heavy atom. The number of rotatable bonds is 0. The van der Waals surface area contributed by atoms with Crippen LogP contribution in [0.15, 0.2) is 24.3 Å². The average molecular weight is 173 g/mol. The summed E-state index contributed by atoms with van der Waals surface area (Å²) in [6.07, 6.45) is 0. The number of esters is 1. The minimum absolute atomic E-state index is 0. The van der Waals surface area contributed by atoms with Gasteiger partial charge in [-0.15, -0.1) is 0 Å². The van der Waals surface area contributed by atoms with Crippen LogP contribution in [0.5, 0.6) is 0 Å². The fourth-order valence-electron chi connectivity index (χ4n) is 1.07. The van der Waals surface area contributed by atoms with Crippen molar-refractivity contribution in [3.05, 3.63) is 35.4 Å². The van der Waals surface area contributed by atoms with Gasteiger partial charge in [0, 0.05) is 5.56 Å². The minimum Gasteiger partial charge on any atom is -0.457 e. The van der Waals surface area contributed by atoms with Crippen LogP contribution in [0.1, 0.15) is 15.9 Å². The van der Waals surface area contributed by atoms with Crippen LogP contribution < -0.4 is 51.4 Å². The summed E-state index contributed by atoms with van der Waals surface area (Å²) < 4.78 is 4.78. The second kappa shape index (κ2) is 3.82. The van der Waals surface area contributed by atoms with Crippen molar-refractivity contribution >= 4 is 5.97 Å². The molecule has 0 saturated heterocycles. The number of carbonyl (C=O) groups excluding carboxylic acids is 1. The molecule has 0 saturated carbocycles. The summed E-state index contributed by atoms with van der Waals surface area (Å²) in [5.41, 5.74) is 1.70. The number of ether oxygens (including phenoxy) is 1. The van der Waals surface area contributed by atoms with Crippen LogP contribution in [-0.4, -0.2) is 5.97 Å². The van der Waals surface area contributed by atoms with Gasteiger partial charge in [0.15, 0.2) is 0 Å². The van der Waals surface area contributed by atoms with E-state index in [1.165, 1.54) is 0 Å². The fourth-order valence-corrected chi connectivity index (χ4v) is 1.07. The Hall–Kier alpha value is 0.326. The van der Waals surface area contributed by atoms with Crippen LogP contribution in [0.4, 0.5) is 0 Å². The third kappa shape index (κ3) is 1.73. The number of cyclic esters (lactones) is 1. The number of hydrogen-bond acceptors (Lipinski definition) is 2. The van der Waals surface area contributed by atoms with E-state index >= 15 is 0 Å². The van der Waals surface area contributed by atoms with Gasteiger partial charge >= 0.3 is 57.4 Å². The minimum atomic E-state index is -0.199. The molecule has 0 fully saturated rings. The van der Waals surface area contributed by atoms with Crippen molar-refractivity contribution in [2.75, 3.05) is 0 Å². The molecule has 0 unspecified atom stereocenters. The first-order chi connectivity index (χ1) is 4.88. The zero-order valence-corrected chi connectivity index (χ0v) is 9.46. The number of fused-ring (bicyclic) bond motifs is 1. The second-order valence-corrected chi connectivity index (χ2v) is 2.23. The van der Waals surface area contributed by atoms with Crippen LogP contribution in [0.2, 0.25) is 0 Å². The summed E-state index contributed by atoms with van der Waals surface area (Å²) in [6.45, 7) is 0.439. The molecule has 11 heavy (non-hydrogen) atoms. The van der Waals surface area contributed by atoms with Gasteiger partial charge in [0.25, 0.3) is 0 Å². The Balaban J connectivity index is 0.000000605. The molecule has 0 N–H and O–H groups in total. The molecule has 2 nitrogen and oxygen atoms in total. The van der Waals surface area contributed by atoms with E-state index in [2.05, 4.69) is 0 Å². The van der Waals surface area contributed by atoms with Crippen molar-refractivity contribution in [3.8, 4) is 0 Å². The summed E-state index contributed by atoms with van der Waals surface area (Å²) in [6, 6.07) is 7.43. The molecule has 0 amide bonds. The standard InChI is InChI=1S/C8H6O2.K/c9-8-7-4-2-1-3-6(7)5-10-8;/h1-4H,5H2;/q;+1. The largest absolute Gasteiger partial charge is 1.00 e. The molecule has 0 radical (unpaired) electrons. The Kier molecular flexibility index (Phi) is 3.27. The van der Waals surface area contributed by atoms with Gasteiger partial charge in [-0.25, -0.2) is 4.79 Å². The Morgan fingerprint density at radius 2 is 2.00 bits per heavy atom. The van der Waals surface area contributed by atoms with Crippen LogP contribution in [0, 0.1) is 0 Å². The zero-order chi connectivity index (χ0) is 6.97. The second-order valence-electron chi connectivity index (χ2n) is 2.23. The molecule has 2 rings (SSSR count). The number of hydrogen-bond donors (Lipinski definition) is 0. The molecule has 1 aliphatic heterocycles. The van der Waals surface area contributed by atoms with E-state index in [1.54, 1.807) is 6.07 Å². The smallest absolute Gasteiger partial charge is 0.457 e. The Bertz CT molecular complexity index is 283. The van der Waals surface area contributed by atoms with Crippen molar-refractivity contribution < 1.29 is 60.9 Å². The summed E-state index contributed by atoms with van der Waals surface area (Å²) >= 11 is 0. The van der Waals surface area contributed by atoms with Crippen molar-refractivity contribution in [3.63, 3.8) is 0 Å². The molecule has 1 aromatic carbocycles. The van der Waals surface area contributed by atoms with Crippen LogP contribution in [-0.2, 0) is 11.3 Å². The SMILES string of the molecule is O=C1OCc2ccccc21.[K+]. The maximum Gasteiger partial charge on any atom is 1.00 e. The van der Waals surface area contributed by atoms with Gasteiger partial charge in [-0.3, -0.25) is 0 Å². The summed E-state index contributed by atoms with van der Waals surface area (Å²) in [4.78, 5) is 10.8. The van der Waals surface area contributed by atoms with E-state index in [9.17, 15) is 4.79 Å². The first-order valence-corrected chi connectivity index (χ1v) is 3.13. The molecule has 0 atom stereocenters. The molecule has 0 aromatic heterocycles. The van der Waals surface area contributed by atoms with Crippen molar-refractivity contribution in [1.82, 2.24) is 0 Å². The van der Waals surface area contributed by atoms with E-state index in [-0.39, 0.29) is 57.4 Å². The van der Waals surface area contributed by atoms with Crippen molar-refractivity contribution in [2.24, 2.45) is 0 Å². The molecule has 0 bridgehead atoms. The van der Waals surface area contributed by atoms with E-state index in [4.69, 9.17) is 4.74 Å². The zero-order valence-electron chi connectivity index (χ0n) is 6.33. The van der Waals surface area contributed by atoms with Gasteiger partial charge in [-0.1, -0.05) is 18.2 Å². The monoisotopic (exact) mass is 173 g/mol. The first kappa shape index (κ1) is 9.41. The summed E-state index contributed by atoms with van der Waals surface area (Å²) in [5, 5.41) is 0. The third-order valence-corrected chi connectivity index (χ3v) is 1.60. The molecule has 1 heterocycles. The van der Waals surface area contributed by atoms with E-state index in [1.807, 2.05) is 18.2 Å². The normalized spacial score (nSPS) is 13.3. The van der Waals surface area contributed by atoms with Crippen molar-refractivity contribution in [1.29, 1.82) is 0 Å². The molecule has 1 aromatic rings. The maximum absolute atomic E-state index is 10.8. The molecule has 3 heteroatoms. The maximum atomic E-state index is 10.8. The van der Waals surface area contributed by atoms with Gasteiger partial charge in [0.2, 0.25) is 0 Å². The number of benzene rings is 1. The molecule has 0 aliphatic carbocycles. The average Bonchev–Trinajstić information content (AvgIpc) is 2.34.